The van der Waals surface area contributed by atoms with Crippen LogP contribution in [0.3, 0.4) is 0 Å². The number of aromatic nitrogens is 3. The summed E-state index contributed by atoms with van der Waals surface area (Å²) in [4.78, 5) is 15.4. The summed E-state index contributed by atoms with van der Waals surface area (Å²) in [5.74, 6) is -0.475. The lowest BCUT2D eigenvalue weighted by Crippen LogP contribution is -2.12. The molecule has 96 valence electrons. The maximum absolute atomic E-state index is 11.2. The molecule has 2 heterocycles. The van der Waals surface area contributed by atoms with Crippen LogP contribution in [0.1, 0.15) is 34.0 Å². The number of anilines is 1. The quantitative estimate of drug-likeness (QED) is 0.885. The monoisotopic (exact) mass is 266 g/mol. The molecule has 2 N–H and O–H groups in total. The van der Waals surface area contributed by atoms with Crippen LogP contribution in [0.5, 0.6) is 0 Å². The van der Waals surface area contributed by atoms with Crippen molar-refractivity contribution in [3.63, 3.8) is 0 Å². The molecule has 0 amide bonds. The highest BCUT2D eigenvalue weighted by atomic mass is 32.1. The Balaban J connectivity index is 2.31. The highest BCUT2D eigenvalue weighted by Gasteiger charge is 2.21. The molecule has 0 radical (unpaired) electrons. The first-order chi connectivity index (χ1) is 8.50. The number of hydrogen-bond donors (Lipinski definition) is 2. The second-order valence-corrected chi connectivity index (χ2v) is 4.90. The number of carboxylic acid groups (broad SMARTS) is 1. The number of hydrogen-bond acceptors (Lipinski definition) is 5. The number of nitrogens with one attached hydrogen (secondary N) is 1. The third-order valence-electron chi connectivity index (χ3n) is 2.61. The van der Waals surface area contributed by atoms with E-state index in [0.29, 0.717) is 11.5 Å². The largest absolute Gasteiger partial charge is 0.477 e. The maximum atomic E-state index is 11.2. The molecule has 0 fully saturated rings. The third-order valence-corrected chi connectivity index (χ3v) is 3.57. The Morgan fingerprint density at radius 3 is 2.89 bits per heavy atom. The van der Waals surface area contributed by atoms with Crippen molar-refractivity contribution in [3.8, 4) is 0 Å². The maximum Gasteiger partial charge on any atom is 0.341 e. The molecule has 6 nitrogen and oxygen atoms in total. The Morgan fingerprint density at radius 2 is 2.33 bits per heavy atom. The van der Waals surface area contributed by atoms with Crippen molar-refractivity contribution >= 4 is 23.1 Å². The van der Waals surface area contributed by atoms with E-state index < -0.39 is 5.97 Å². The van der Waals surface area contributed by atoms with Crippen LogP contribution < -0.4 is 5.32 Å². The van der Waals surface area contributed by atoms with Crippen LogP contribution in [-0.2, 0) is 7.05 Å². The van der Waals surface area contributed by atoms with Crippen LogP contribution in [0, 0.1) is 6.92 Å². The summed E-state index contributed by atoms with van der Waals surface area (Å²) in [5.41, 5.74) is 0.708. The molecular weight excluding hydrogens is 252 g/mol. The van der Waals surface area contributed by atoms with Gasteiger partial charge >= 0.3 is 5.97 Å². The van der Waals surface area contributed by atoms with Gasteiger partial charge in [-0.2, -0.15) is 5.10 Å². The molecule has 2 aromatic heterocycles. The van der Waals surface area contributed by atoms with Gasteiger partial charge in [-0.05, 0) is 13.8 Å². The van der Waals surface area contributed by atoms with E-state index in [1.54, 1.807) is 24.9 Å². The molecule has 0 aliphatic carbocycles. The predicted octanol–water partition coefficient (Wildman–Crippen LogP) is 2.06. The number of aromatic carboxylic acids is 1. The Bertz CT molecular complexity index is 562. The van der Waals surface area contributed by atoms with E-state index >= 15 is 0 Å². The zero-order valence-corrected chi connectivity index (χ0v) is 11.2. The van der Waals surface area contributed by atoms with E-state index in [-0.39, 0.29) is 11.6 Å². The van der Waals surface area contributed by atoms with E-state index in [9.17, 15) is 9.90 Å². The summed E-state index contributed by atoms with van der Waals surface area (Å²) in [5, 5.41) is 19.3. The predicted molar refractivity (Wildman–Crippen MR) is 69.1 cm³/mol. The van der Waals surface area contributed by atoms with Gasteiger partial charge in [-0.15, -0.1) is 11.3 Å². The summed E-state index contributed by atoms with van der Waals surface area (Å²) in [6, 6.07) is -0.0575. The lowest BCUT2D eigenvalue weighted by Gasteiger charge is -2.13. The molecule has 0 aliphatic rings. The molecule has 7 heteroatoms. The number of thiazole rings is 1. The molecule has 1 unspecified atom stereocenters. The number of rotatable bonds is 4. The Morgan fingerprint density at radius 1 is 1.61 bits per heavy atom. The molecular formula is C11H14N4O2S. The van der Waals surface area contributed by atoms with Gasteiger partial charge in [0.25, 0.3) is 0 Å². The lowest BCUT2D eigenvalue weighted by molar-refractivity contribution is 0.0697. The van der Waals surface area contributed by atoms with Crippen molar-refractivity contribution in [3.05, 3.63) is 27.8 Å². The molecule has 2 rings (SSSR count). The number of nitrogens with zero attached hydrogens (tertiary/aromatic N) is 3. The smallest absolute Gasteiger partial charge is 0.341 e. The van der Waals surface area contributed by atoms with Gasteiger partial charge in [0.1, 0.15) is 16.4 Å². The molecule has 0 spiro atoms. The summed E-state index contributed by atoms with van der Waals surface area (Å²) in [7, 11) is 1.72. The summed E-state index contributed by atoms with van der Waals surface area (Å²) >= 11 is 1.53. The first-order valence-corrected chi connectivity index (χ1v) is 6.31. The number of carboxylic acids is 1. The van der Waals surface area contributed by atoms with Crippen molar-refractivity contribution in [1.29, 1.82) is 0 Å². The normalized spacial score (nSPS) is 12.4. The lowest BCUT2D eigenvalue weighted by atomic mass is 10.2. The second kappa shape index (κ2) is 4.77. The standard InChI is InChI=1S/C11H14N4O2S/c1-6-8(11(16)17)9(15(3)14-6)13-7(2)10-12-4-5-18-10/h4-5,7,13H,1-3H3,(H,16,17). The van der Waals surface area contributed by atoms with Gasteiger partial charge in [0.05, 0.1) is 11.7 Å². The first kappa shape index (κ1) is 12.6. The van der Waals surface area contributed by atoms with Gasteiger partial charge in [0.15, 0.2) is 0 Å². The highest BCUT2D eigenvalue weighted by molar-refractivity contribution is 7.09. The average Bonchev–Trinajstić information content (AvgIpc) is 2.87. The van der Waals surface area contributed by atoms with Crippen LogP contribution >= 0.6 is 11.3 Å². The van der Waals surface area contributed by atoms with Crippen molar-refractivity contribution < 1.29 is 9.90 Å². The van der Waals surface area contributed by atoms with Crippen LogP contribution in [0.2, 0.25) is 0 Å². The van der Waals surface area contributed by atoms with Crippen molar-refractivity contribution in [2.24, 2.45) is 7.05 Å². The van der Waals surface area contributed by atoms with E-state index in [4.69, 9.17) is 0 Å². The van der Waals surface area contributed by atoms with E-state index in [1.165, 1.54) is 11.3 Å². The first-order valence-electron chi connectivity index (χ1n) is 5.43. The molecule has 0 aliphatic heterocycles. The SMILES string of the molecule is Cc1nn(C)c(NC(C)c2nccs2)c1C(=O)O. The Kier molecular flexibility index (Phi) is 3.33. The molecule has 18 heavy (non-hydrogen) atoms. The van der Waals surface area contributed by atoms with Crippen LogP contribution in [-0.4, -0.2) is 25.8 Å². The summed E-state index contributed by atoms with van der Waals surface area (Å²) < 4.78 is 1.54. The summed E-state index contributed by atoms with van der Waals surface area (Å²) in [6.07, 6.45) is 1.73. The molecule has 1 atom stereocenters. The molecule has 0 saturated heterocycles. The number of aryl methyl sites for hydroxylation is 2. The van der Waals surface area contributed by atoms with Crippen LogP contribution in [0.15, 0.2) is 11.6 Å². The topological polar surface area (TPSA) is 80.0 Å². The fourth-order valence-corrected chi connectivity index (χ4v) is 2.44. The van der Waals surface area contributed by atoms with E-state index in [0.717, 1.165) is 5.01 Å². The molecule has 2 aromatic rings. The second-order valence-electron chi connectivity index (χ2n) is 3.97. The average molecular weight is 266 g/mol. The van der Waals surface area contributed by atoms with E-state index in [2.05, 4.69) is 15.4 Å². The van der Waals surface area contributed by atoms with Gasteiger partial charge in [0.2, 0.25) is 0 Å². The van der Waals surface area contributed by atoms with Crippen molar-refractivity contribution in [2.75, 3.05) is 5.32 Å². The minimum Gasteiger partial charge on any atom is -0.477 e. The van der Waals surface area contributed by atoms with Crippen molar-refractivity contribution in [2.45, 2.75) is 19.9 Å². The van der Waals surface area contributed by atoms with Gasteiger partial charge in [-0.25, -0.2) is 9.78 Å². The van der Waals surface area contributed by atoms with Crippen LogP contribution in [0.4, 0.5) is 5.82 Å². The minimum absolute atomic E-state index is 0.0575. The minimum atomic E-state index is -0.977. The highest BCUT2D eigenvalue weighted by Crippen LogP contribution is 2.25. The fraction of sp³-hybridized carbons (Fsp3) is 0.364. The zero-order valence-electron chi connectivity index (χ0n) is 10.3. The van der Waals surface area contributed by atoms with Gasteiger partial charge in [0, 0.05) is 18.6 Å². The van der Waals surface area contributed by atoms with Crippen LogP contribution in [0.25, 0.3) is 0 Å². The van der Waals surface area contributed by atoms with Gasteiger partial charge in [-0.1, -0.05) is 0 Å². The van der Waals surface area contributed by atoms with E-state index in [1.807, 2.05) is 12.3 Å². The van der Waals surface area contributed by atoms with Gasteiger partial charge in [-0.3, -0.25) is 4.68 Å². The summed E-state index contributed by atoms with van der Waals surface area (Å²) in [6.45, 7) is 3.62. The molecule has 0 saturated carbocycles. The Hall–Kier alpha value is -1.89. The number of carbonyl (C=O) groups is 1. The van der Waals surface area contributed by atoms with Gasteiger partial charge < -0.3 is 10.4 Å². The Labute approximate surface area is 108 Å². The zero-order chi connectivity index (χ0) is 13.3. The molecule has 0 aromatic carbocycles. The fourth-order valence-electron chi connectivity index (χ4n) is 1.79. The van der Waals surface area contributed by atoms with Crippen molar-refractivity contribution in [1.82, 2.24) is 14.8 Å². The third kappa shape index (κ3) is 2.21. The molecule has 0 bridgehead atoms.